The van der Waals surface area contributed by atoms with E-state index in [-0.39, 0.29) is 0 Å². The Kier molecular flexibility index (Phi) is 3.71. The van der Waals surface area contributed by atoms with Gasteiger partial charge in [0.05, 0.1) is 0 Å². The lowest BCUT2D eigenvalue weighted by Crippen LogP contribution is -2.08. The van der Waals surface area contributed by atoms with Crippen LogP contribution in [0, 0.1) is 0 Å². The van der Waals surface area contributed by atoms with Gasteiger partial charge in [0, 0.05) is 18.6 Å². The summed E-state index contributed by atoms with van der Waals surface area (Å²) in [6, 6.07) is 9.41. The molecule has 0 aromatic heterocycles. The standard InChI is InChI=1S/C10H15O2P/c1-3-9-13(11,12-2)10-7-5-4-6-8-10/h4-8H,3,9H2,1-2H3. The Morgan fingerprint density at radius 2 is 1.92 bits per heavy atom. The first-order chi connectivity index (χ1) is 6.23. The molecule has 0 amide bonds. The van der Waals surface area contributed by atoms with Crippen LogP contribution in [0.5, 0.6) is 0 Å². The fourth-order valence-corrected chi connectivity index (χ4v) is 3.14. The SMILES string of the molecule is CCCP(=O)(OC)c1ccccc1. The van der Waals surface area contributed by atoms with Crippen LogP contribution in [0.25, 0.3) is 0 Å². The van der Waals surface area contributed by atoms with Gasteiger partial charge in [-0.3, -0.25) is 4.57 Å². The minimum Gasteiger partial charge on any atom is -0.329 e. The van der Waals surface area contributed by atoms with Gasteiger partial charge in [-0.2, -0.15) is 0 Å². The summed E-state index contributed by atoms with van der Waals surface area (Å²) in [6.45, 7) is 2.01. The highest BCUT2D eigenvalue weighted by atomic mass is 31.2. The van der Waals surface area contributed by atoms with Gasteiger partial charge in [-0.15, -0.1) is 0 Å². The van der Waals surface area contributed by atoms with Crippen LogP contribution in [0.4, 0.5) is 0 Å². The number of benzene rings is 1. The average Bonchev–Trinajstić information content (AvgIpc) is 2.19. The average molecular weight is 198 g/mol. The van der Waals surface area contributed by atoms with Crippen LogP contribution < -0.4 is 5.30 Å². The Labute approximate surface area is 79.4 Å². The molecule has 72 valence electrons. The van der Waals surface area contributed by atoms with Gasteiger partial charge >= 0.3 is 0 Å². The second-order valence-corrected chi connectivity index (χ2v) is 5.59. The molecule has 1 unspecified atom stereocenters. The van der Waals surface area contributed by atoms with Crippen molar-refractivity contribution in [1.82, 2.24) is 0 Å². The van der Waals surface area contributed by atoms with Crippen LogP contribution in [-0.2, 0) is 9.09 Å². The predicted molar refractivity (Wildman–Crippen MR) is 55.8 cm³/mol. The highest BCUT2D eigenvalue weighted by Crippen LogP contribution is 2.44. The molecule has 3 heteroatoms. The summed E-state index contributed by atoms with van der Waals surface area (Å²) in [5, 5.41) is 0.819. The Bertz CT molecular complexity index is 295. The van der Waals surface area contributed by atoms with E-state index in [1.807, 2.05) is 37.3 Å². The molecule has 1 aromatic carbocycles. The van der Waals surface area contributed by atoms with Gasteiger partial charge in [0.1, 0.15) is 0 Å². The monoisotopic (exact) mass is 198 g/mol. The second-order valence-electron chi connectivity index (χ2n) is 2.92. The first-order valence-electron chi connectivity index (χ1n) is 4.43. The lowest BCUT2D eigenvalue weighted by Gasteiger charge is -2.14. The first-order valence-corrected chi connectivity index (χ1v) is 6.24. The zero-order chi connectivity index (χ0) is 9.73. The molecule has 1 rings (SSSR count). The predicted octanol–water partition coefficient (Wildman–Crippen LogP) is 2.65. The van der Waals surface area contributed by atoms with Gasteiger partial charge in [-0.05, 0) is 18.6 Å². The summed E-state index contributed by atoms with van der Waals surface area (Å²) >= 11 is 0. The van der Waals surface area contributed by atoms with Crippen LogP contribution in [0.3, 0.4) is 0 Å². The largest absolute Gasteiger partial charge is 0.329 e. The van der Waals surface area contributed by atoms with E-state index in [1.165, 1.54) is 7.11 Å². The van der Waals surface area contributed by atoms with E-state index in [9.17, 15) is 4.57 Å². The van der Waals surface area contributed by atoms with Crippen LogP contribution in [0.2, 0.25) is 0 Å². The summed E-state index contributed by atoms with van der Waals surface area (Å²) < 4.78 is 17.3. The number of hydrogen-bond acceptors (Lipinski definition) is 2. The van der Waals surface area contributed by atoms with Crippen molar-refractivity contribution in [2.45, 2.75) is 13.3 Å². The third-order valence-electron chi connectivity index (χ3n) is 1.96. The smallest absolute Gasteiger partial charge is 0.231 e. The van der Waals surface area contributed by atoms with Crippen molar-refractivity contribution in [3.05, 3.63) is 30.3 Å². The summed E-state index contributed by atoms with van der Waals surface area (Å²) in [5.74, 6) is 0. The molecule has 1 atom stereocenters. The second kappa shape index (κ2) is 4.59. The van der Waals surface area contributed by atoms with E-state index >= 15 is 0 Å². The molecule has 0 spiro atoms. The molecule has 0 aliphatic carbocycles. The van der Waals surface area contributed by atoms with Crippen LogP contribution in [0.1, 0.15) is 13.3 Å². The van der Waals surface area contributed by atoms with Crippen LogP contribution >= 0.6 is 7.37 Å². The van der Waals surface area contributed by atoms with Gasteiger partial charge in [-0.25, -0.2) is 0 Å². The summed E-state index contributed by atoms with van der Waals surface area (Å²) in [6.07, 6.45) is 1.49. The zero-order valence-electron chi connectivity index (χ0n) is 8.06. The molecule has 0 aliphatic rings. The summed E-state index contributed by atoms with van der Waals surface area (Å²) in [4.78, 5) is 0. The molecule has 0 N–H and O–H groups in total. The van der Waals surface area contributed by atoms with E-state index in [1.54, 1.807) is 0 Å². The van der Waals surface area contributed by atoms with Gasteiger partial charge in [0.15, 0.2) is 0 Å². The van der Waals surface area contributed by atoms with Gasteiger partial charge in [0.2, 0.25) is 7.37 Å². The number of rotatable bonds is 4. The normalized spacial score (nSPS) is 15.2. The number of hydrogen-bond donors (Lipinski definition) is 0. The van der Waals surface area contributed by atoms with Gasteiger partial charge in [-0.1, -0.05) is 25.1 Å². The molecule has 0 bridgehead atoms. The minimum atomic E-state index is -2.55. The zero-order valence-corrected chi connectivity index (χ0v) is 8.96. The lowest BCUT2D eigenvalue weighted by atomic mass is 10.4. The molecule has 0 saturated heterocycles. The summed E-state index contributed by atoms with van der Waals surface area (Å²) in [7, 11) is -1.04. The quantitative estimate of drug-likeness (QED) is 0.695. The summed E-state index contributed by atoms with van der Waals surface area (Å²) in [5.41, 5.74) is 0. The third kappa shape index (κ3) is 2.43. The minimum absolute atomic E-state index is 0.619. The fraction of sp³-hybridized carbons (Fsp3) is 0.400. The highest BCUT2D eigenvalue weighted by Gasteiger charge is 2.22. The van der Waals surface area contributed by atoms with Crippen molar-refractivity contribution in [3.8, 4) is 0 Å². The highest BCUT2D eigenvalue weighted by molar-refractivity contribution is 7.66. The van der Waals surface area contributed by atoms with Gasteiger partial charge in [0.25, 0.3) is 0 Å². The molecule has 1 aromatic rings. The van der Waals surface area contributed by atoms with Gasteiger partial charge < -0.3 is 4.52 Å². The maximum absolute atomic E-state index is 12.2. The van der Waals surface area contributed by atoms with E-state index in [0.717, 1.165) is 11.7 Å². The van der Waals surface area contributed by atoms with E-state index in [2.05, 4.69) is 0 Å². The molecule has 0 radical (unpaired) electrons. The first kappa shape index (κ1) is 10.5. The van der Waals surface area contributed by atoms with E-state index in [4.69, 9.17) is 4.52 Å². The topological polar surface area (TPSA) is 26.3 Å². The van der Waals surface area contributed by atoms with E-state index in [0.29, 0.717) is 6.16 Å². The van der Waals surface area contributed by atoms with Crippen LogP contribution in [-0.4, -0.2) is 13.3 Å². The molecular weight excluding hydrogens is 183 g/mol. The van der Waals surface area contributed by atoms with Crippen molar-refractivity contribution >= 4 is 12.7 Å². The molecule has 13 heavy (non-hydrogen) atoms. The Morgan fingerprint density at radius 1 is 1.31 bits per heavy atom. The molecular formula is C10H15O2P. The fourth-order valence-electron chi connectivity index (χ4n) is 1.28. The Morgan fingerprint density at radius 3 is 2.38 bits per heavy atom. The maximum Gasteiger partial charge on any atom is 0.231 e. The van der Waals surface area contributed by atoms with Crippen molar-refractivity contribution in [3.63, 3.8) is 0 Å². The van der Waals surface area contributed by atoms with Crippen LogP contribution in [0.15, 0.2) is 30.3 Å². The molecule has 0 fully saturated rings. The maximum atomic E-state index is 12.2. The Hall–Kier alpha value is -0.590. The van der Waals surface area contributed by atoms with Crippen molar-refractivity contribution in [2.24, 2.45) is 0 Å². The van der Waals surface area contributed by atoms with Crippen molar-refractivity contribution in [1.29, 1.82) is 0 Å². The molecule has 2 nitrogen and oxygen atoms in total. The molecule has 0 saturated carbocycles. The van der Waals surface area contributed by atoms with Crippen molar-refractivity contribution in [2.75, 3.05) is 13.3 Å². The molecule has 0 heterocycles. The molecule has 0 aliphatic heterocycles. The van der Waals surface area contributed by atoms with Crippen molar-refractivity contribution < 1.29 is 9.09 Å². The third-order valence-corrected chi connectivity index (χ3v) is 4.67. The van der Waals surface area contributed by atoms with E-state index < -0.39 is 7.37 Å². The Balaban J connectivity index is 2.96. The lowest BCUT2D eigenvalue weighted by molar-refractivity contribution is 0.402.